The van der Waals surface area contributed by atoms with E-state index >= 15 is 0 Å². The van der Waals surface area contributed by atoms with E-state index in [1.165, 1.54) is 12.1 Å². The quantitative estimate of drug-likeness (QED) is 0.886. The lowest BCUT2D eigenvalue weighted by atomic mass is 10.1. The highest BCUT2D eigenvalue weighted by Gasteiger charge is 2.27. The van der Waals surface area contributed by atoms with Crippen LogP contribution in [0.5, 0.6) is 5.75 Å². The van der Waals surface area contributed by atoms with E-state index in [1.54, 1.807) is 36.4 Å². The second kappa shape index (κ2) is 7.12. The van der Waals surface area contributed by atoms with Crippen LogP contribution in [0.15, 0.2) is 48.5 Å². The van der Waals surface area contributed by atoms with Gasteiger partial charge in [-0.05, 0) is 42.0 Å². The normalized spacial score (nSPS) is 16.5. The third kappa shape index (κ3) is 4.10. The molecule has 0 aromatic heterocycles. The van der Waals surface area contributed by atoms with E-state index in [4.69, 9.17) is 4.74 Å². The van der Waals surface area contributed by atoms with Crippen LogP contribution in [0.1, 0.15) is 12.0 Å². The monoisotopic (exact) mass is 328 g/mol. The van der Waals surface area contributed by atoms with Crippen molar-refractivity contribution in [3.05, 3.63) is 59.9 Å². The fraction of sp³-hybridized carbons (Fsp3) is 0.222. The molecule has 2 N–H and O–H groups in total. The van der Waals surface area contributed by atoms with Gasteiger partial charge in [0, 0.05) is 18.7 Å². The lowest BCUT2D eigenvalue weighted by molar-refractivity contribution is -0.123. The summed E-state index contributed by atoms with van der Waals surface area (Å²) in [7, 11) is 0. The van der Waals surface area contributed by atoms with Gasteiger partial charge in [-0.3, -0.25) is 9.59 Å². The number of anilines is 1. The summed E-state index contributed by atoms with van der Waals surface area (Å²) < 4.78 is 18.7. The van der Waals surface area contributed by atoms with Crippen molar-refractivity contribution in [3.8, 4) is 5.75 Å². The van der Waals surface area contributed by atoms with Crippen LogP contribution < -0.4 is 15.4 Å². The van der Waals surface area contributed by atoms with Gasteiger partial charge in [0.1, 0.15) is 18.2 Å². The Bertz CT molecular complexity index is 746. The average Bonchev–Trinajstić information content (AvgIpc) is 3.01. The molecule has 2 aromatic carbocycles. The molecule has 1 aliphatic rings. The Hall–Kier alpha value is -2.89. The summed E-state index contributed by atoms with van der Waals surface area (Å²) in [5, 5.41) is 5.41. The van der Waals surface area contributed by atoms with Crippen molar-refractivity contribution in [1.82, 2.24) is 5.32 Å². The molecule has 1 atom stereocenters. The van der Waals surface area contributed by atoms with Gasteiger partial charge < -0.3 is 15.4 Å². The zero-order valence-electron chi connectivity index (χ0n) is 12.9. The number of hydrogen-bond acceptors (Lipinski definition) is 3. The van der Waals surface area contributed by atoms with E-state index in [0.717, 1.165) is 5.56 Å². The van der Waals surface area contributed by atoms with Gasteiger partial charge in [-0.1, -0.05) is 12.1 Å². The highest BCUT2D eigenvalue weighted by molar-refractivity contribution is 5.97. The summed E-state index contributed by atoms with van der Waals surface area (Å²) in [6, 6.07) is 13.1. The topological polar surface area (TPSA) is 67.4 Å². The lowest BCUT2D eigenvalue weighted by Crippen LogP contribution is -2.24. The molecule has 1 saturated heterocycles. The van der Waals surface area contributed by atoms with Crippen molar-refractivity contribution in [2.24, 2.45) is 5.92 Å². The molecule has 6 heteroatoms. The smallest absolute Gasteiger partial charge is 0.229 e. The van der Waals surface area contributed by atoms with Gasteiger partial charge in [-0.2, -0.15) is 0 Å². The molecule has 2 amide bonds. The maximum atomic E-state index is 13.1. The zero-order chi connectivity index (χ0) is 16.9. The summed E-state index contributed by atoms with van der Waals surface area (Å²) in [4.78, 5) is 23.2. The SMILES string of the molecule is O=C1C[C@@H](C(=O)Nc2ccc(OCc3cccc(F)c3)cc2)CN1. The summed E-state index contributed by atoms with van der Waals surface area (Å²) in [5.41, 5.74) is 1.38. The molecular formula is C18H17FN2O3. The second-order valence-corrected chi connectivity index (χ2v) is 5.64. The minimum atomic E-state index is -0.332. The van der Waals surface area contributed by atoms with Crippen LogP contribution in [-0.4, -0.2) is 18.4 Å². The first-order chi connectivity index (χ1) is 11.6. The van der Waals surface area contributed by atoms with Crippen molar-refractivity contribution in [1.29, 1.82) is 0 Å². The Balaban J connectivity index is 1.53. The molecular weight excluding hydrogens is 311 g/mol. The molecule has 1 heterocycles. The largest absolute Gasteiger partial charge is 0.489 e. The summed E-state index contributed by atoms with van der Waals surface area (Å²) in [5.74, 6) is -0.288. The first-order valence-electron chi connectivity index (χ1n) is 7.65. The van der Waals surface area contributed by atoms with E-state index in [0.29, 0.717) is 18.0 Å². The highest BCUT2D eigenvalue weighted by atomic mass is 19.1. The van der Waals surface area contributed by atoms with Crippen molar-refractivity contribution < 1.29 is 18.7 Å². The standard InChI is InChI=1S/C18H17FN2O3/c19-14-3-1-2-12(8-14)11-24-16-6-4-15(5-7-16)21-18(23)13-9-17(22)20-10-13/h1-8,13H,9-11H2,(H,20,22)(H,21,23)/t13-/m1/s1. The van der Waals surface area contributed by atoms with Crippen LogP contribution in [0.4, 0.5) is 10.1 Å². The predicted octanol–water partition coefficient (Wildman–Crippen LogP) is 2.48. The minimum Gasteiger partial charge on any atom is -0.489 e. The fourth-order valence-corrected chi connectivity index (χ4v) is 2.46. The van der Waals surface area contributed by atoms with Crippen LogP contribution in [0.25, 0.3) is 0 Å². The number of ether oxygens (including phenoxy) is 1. The van der Waals surface area contributed by atoms with Crippen LogP contribution in [0.3, 0.4) is 0 Å². The van der Waals surface area contributed by atoms with Gasteiger partial charge in [0.2, 0.25) is 11.8 Å². The molecule has 24 heavy (non-hydrogen) atoms. The number of nitrogens with one attached hydrogen (secondary N) is 2. The molecule has 0 bridgehead atoms. The average molecular weight is 328 g/mol. The van der Waals surface area contributed by atoms with E-state index in [1.807, 2.05) is 0 Å². The first-order valence-corrected chi connectivity index (χ1v) is 7.65. The Kier molecular flexibility index (Phi) is 4.74. The highest BCUT2D eigenvalue weighted by Crippen LogP contribution is 2.19. The molecule has 3 rings (SSSR count). The maximum absolute atomic E-state index is 13.1. The molecule has 124 valence electrons. The summed E-state index contributed by atoms with van der Waals surface area (Å²) >= 11 is 0. The van der Waals surface area contributed by atoms with E-state index < -0.39 is 0 Å². The van der Waals surface area contributed by atoms with Gasteiger partial charge in [0.25, 0.3) is 0 Å². The molecule has 2 aromatic rings. The number of carbonyl (C=O) groups is 2. The van der Waals surface area contributed by atoms with Crippen LogP contribution >= 0.6 is 0 Å². The first kappa shape index (κ1) is 16.0. The lowest BCUT2D eigenvalue weighted by Gasteiger charge is -2.10. The number of hydrogen-bond donors (Lipinski definition) is 2. The Morgan fingerprint density at radius 3 is 2.71 bits per heavy atom. The molecule has 1 aliphatic heterocycles. The second-order valence-electron chi connectivity index (χ2n) is 5.64. The van der Waals surface area contributed by atoms with Crippen LogP contribution in [-0.2, 0) is 16.2 Å². The predicted molar refractivity (Wildman–Crippen MR) is 86.9 cm³/mol. The van der Waals surface area contributed by atoms with E-state index in [2.05, 4.69) is 10.6 Å². The van der Waals surface area contributed by atoms with Gasteiger partial charge >= 0.3 is 0 Å². The minimum absolute atomic E-state index is 0.101. The van der Waals surface area contributed by atoms with Crippen molar-refractivity contribution in [2.45, 2.75) is 13.0 Å². The molecule has 1 fully saturated rings. The number of benzene rings is 2. The van der Waals surface area contributed by atoms with Crippen molar-refractivity contribution in [2.75, 3.05) is 11.9 Å². The molecule has 0 radical (unpaired) electrons. The van der Waals surface area contributed by atoms with E-state index in [-0.39, 0.29) is 36.6 Å². The number of rotatable bonds is 5. The van der Waals surface area contributed by atoms with Gasteiger partial charge in [0.15, 0.2) is 0 Å². The summed E-state index contributed by atoms with van der Waals surface area (Å²) in [6.07, 6.45) is 0.223. The fourth-order valence-electron chi connectivity index (χ4n) is 2.46. The third-order valence-electron chi connectivity index (χ3n) is 3.76. The zero-order valence-corrected chi connectivity index (χ0v) is 12.9. The van der Waals surface area contributed by atoms with Crippen LogP contribution in [0.2, 0.25) is 0 Å². The summed E-state index contributed by atoms with van der Waals surface area (Å²) in [6.45, 7) is 0.638. The number of carbonyl (C=O) groups excluding carboxylic acids is 2. The van der Waals surface area contributed by atoms with Crippen molar-refractivity contribution >= 4 is 17.5 Å². The van der Waals surface area contributed by atoms with Gasteiger partial charge in [0.05, 0.1) is 5.92 Å². The molecule has 0 spiro atoms. The van der Waals surface area contributed by atoms with Gasteiger partial charge in [-0.25, -0.2) is 4.39 Å². The number of halogens is 1. The maximum Gasteiger partial charge on any atom is 0.229 e. The number of amides is 2. The Morgan fingerprint density at radius 2 is 2.04 bits per heavy atom. The molecule has 0 unspecified atom stereocenters. The Labute approximate surface area is 138 Å². The Morgan fingerprint density at radius 1 is 1.25 bits per heavy atom. The molecule has 0 aliphatic carbocycles. The van der Waals surface area contributed by atoms with Crippen molar-refractivity contribution in [3.63, 3.8) is 0 Å². The van der Waals surface area contributed by atoms with Gasteiger partial charge in [-0.15, -0.1) is 0 Å². The van der Waals surface area contributed by atoms with Crippen LogP contribution in [0, 0.1) is 11.7 Å². The third-order valence-corrected chi connectivity index (χ3v) is 3.76. The molecule has 5 nitrogen and oxygen atoms in total. The van der Waals surface area contributed by atoms with E-state index in [9.17, 15) is 14.0 Å². The molecule has 0 saturated carbocycles.